The third-order valence-electron chi connectivity index (χ3n) is 5.14. The number of benzene rings is 2. The standard InChI is InChI=1S/C21H22FN3O2/c1-13-3-6-19(26)14(9-13)11-25-8-7-18-20(24-12-23-18)21(25)16-5-4-15(27-2)10-17(16)22/h3-6,9-10,12,21,26H,7-8,11H2,1-2H3,(H,23,24). The topological polar surface area (TPSA) is 61.4 Å². The number of imidazole rings is 1. The smallest absolute Gasteiger partial charge is 0.132 e. The molecule has 0 saturated carbocycles. The monoisotopic (exact) mass is 367 g/mol. The highest BCUT2D eigenvalue weighted by Crippen LogP contribution is 2.37. The molecule has 3 aromatic rings. The van der Waals surface area contributed by atoms with E-state index in [0.29, 0.717) is 17.9 Å². The average molecular weight is 367 g/mol. The zero-order valence-corrected chi connectivity index (χ0v) is 15.4. The van der Waals surface area contributed by atoms with Gasteiger partial charge in [0.15, 0.2) is 0 Å². The van der Waals surface area contributed by atoms with Crippen molar-refractivity contribution in [3.63, 3.8) is 0 Å². The van der Waals surface area contributed by atoms with Crippen LogP contribution >= 0.6 is 0 Å². The van der Waals surface area contributed by atoms with Crippen molar-refractivity contribution in [2.24, 2.45) is 0 Å². The van der Waals surface area contributed by atoms with Crippen LogP contribution in [0.3, 0.4) is 0 Å². The van der Waals surface area contributed by atoms with Gasteiger partial charge in [-0.1, -0.05) is 23.8 Å². The number of halogens is 1. The van der Waals surface area contributed by atoms with Crippen LogP contribution in [0.15, 0.2) is 42.7 Å². The molecular formula is C21H22FN3O2. The minimum Gasteiger partial charge on any atom is -0.508 e. The van der Waals surface area contributed by atoms with E-state index in [1.807, 2.05) is 19.1 Å². The van der Waals surface area contributed by atoms with Crippen LogP contribution in [0.4, 0.5) is 4.39 Å². The maximum Gasteiger partial charge on any atom is 0.132 e. The van der Waals surface area contributed by atoms with E-state index in [4.69, 9.17) is 4.74 Å². The minimum absolute atomic E-state index is 0.252. The van der Waals surface area contributed by atoms with E-state index in [-0.39, 0.29) is 17.6 Å². The van der Waals surface area contributed by atoms with Crippen molar-refractivity contribution in [3.05, 3.63) is 76.6 Å². The van der Waals surface area contributed by atoms with Crippen LogP contribution < -0.4 is 4.74 Å². The summed E-state index contributed by atoms with van der Waals surface area (Å²) in [6.07, 6.45) is 2.46. The van der Waals surface area contributed by atoms with E-state index in [1.54, 1.807) is 24.5 Å². The Morgan fingerprint density at radius 3 is 2.93 bits per heavy atom. The van der Waals surface area contributed by atoms with Gasteiger partial charge in [-0.2, -0.15) is 0 Å². The summed E-state index contributed by atoms with van der Waals surface area (Å²) in [5.41, 5.74) is 4.31. The van der Waals surface area contributed by atoms with Crippen LogP contribution in [0.1, 0.15) is 34.1 Å². The zero-order chi connectivity index (χ0) is 19.0. The zero-order valence-electron chi connectivity index (χ0n) is 15.4. The van der Waals surface area contributed by atoms with Crippen molar-refractivity contribution < 1.29 is 14.2 Å². The fourth-order valence-corrected chi connectivity index (χ4v) is 3.76. The van der Waals surface area contributed by atoms with E-state index in [0.717, 1.165) is 35.5 Å². The Hall–Kier alpha value is -2.86. The summed E-state index contributed by atoms with van der Waals surface area (Å²) >= 11 is 0. The minimum atomic E-state index is -0.328. The number of nitrogens with zero attached hydrogens (tertiary/aromatic N) is 2. The summed E-state index contributed by atoms with van der Waals surface area (Å²) in [7, 11) is 1.52. The first-order valence-corrected chi connectivity index (χ1v) is 8.95. The lowest BCUT2D eigenvalue weighted by Gasteiger charge is -2.35. The van der Waals surface area contributed by atoms with Crippen molar-refractivity contribution in [1.82, 2.24) is 14.9 Å². The molecule has 27 heavy (non-hydrogen) atoms. The normalized spacial score (nSPS) is 16.9. The number of fused-ring (bicyclic) bond motifs is 1. The van der Waals surface area contributed by atoms with Crippen molar-refractivity contribution >= 4 is 0 Å². The van der Waals surface area contributed by atoms with Gasteiger partial charge in [0, 0.05) is 42.4 Å². The molecule has 2 heterocycles. The second kappa shape index (κ2) is 7.04. The number of phenols is 1. The first-order chi connectivity index (χ1) is 13.1. The lowest BCUT2D eigenvalue weighted by atomic mass is 9.94. The third-order valence-corrected chi connectivity index (χ3v) is 5.14. The Balaban J connectivity index is 1.75. The van der Waals surface area contributed by atoms with Crippen molar-refractivity contribution in [2.45, 2.75) is 25.9 Å². The molecule has 2 N–H and O–H groups in total. The number of phenolic OH excluding ortho intramolecular Hbond substituents is 1. The van der Waals surface area contributed by atoms with Crippen LogP contribution in [0.2, 0.25) is 0 Å². The van der Waals surface area contributed by atoms with Crippen LogP contribution in [-0.2, 0) is 13.0 Å². The molecule has 0 saturated heterocycles. The SMILES string of the molecule is COc1ccc(C2c3nc[nH]c3CCN2Cc2cc(C)ccc2O)c(F)c1. The van der Waals surface area contributed by atoms with Crippen LogP contribution in [0.5, 0.6) is 11.5 Å². The number of aryl methyl sites for hydroxylation is 1. The molecule has 1 atom stereocenters. The maximum absolute atomic E-state index is 14.9. The van der Waals surface area contributed by atoms with Gasteiger partial charge in [0.05, 0.1) is 25.2 Å². The van der Waals surface area contributed by atoms with Crippen molar-refractivity contribution in [3.8, 4) is 11.5 Å². The molecule has 140 valence electrons. The Morgan fingerprint density at radius 1 is 1.30 bits per heavy atom. The molecule has 6 heteroatoms. The lowest BCUT2D eigenvalue weighted by Crippen LogP contribution is -2.36. The molecule has 0 fully saturated rings. The predicted octanol–water partition coefficient (Wildman–Crippen LogP) is 3.72. The number of hydrogen-bond donors (Lipinski definition) is 2. The molecule has 0 bridgehead atoms. The highest BCUT2D eigenvalue weighted by molar-refractivity contribution is 5.39. The fraction of sp³-hybridized carbons (Fsp3) is 0.286. The van der Waals surface area contributed by atoms with Gasteiger partial charge in [-0.05, 0) is 19.1 Å². The Bertz CT molecular complexity index is 970. The highest BCUT2D eigenvalue weighted by Gasteiger charge is 2.33. The molecule has 1 aromatic heterocycles. The first-order valence-electron chi connectivity index (χ1n) is 8.95. The van der Waals surface area contributed by atoms with Gasteiger partial charge in [-0.3, -0.25) is 4.90 Å². The number of aromatic amines is 1. The molecular weight excluding hydrogens is 345 g/mol. The van der Waals surface area contributed by atoms with Gasteiger partial charge in [0.2, 0.25) is 0 Å². The van der Waals surface area contributed by atoms with Crippen LogP contribution in [-0.4, -0.2) is 33.6 Å². The largest absolute Gasteiger partial charge is 0.508 e. The van der Waals surface area contributed by atoms with Gasteiger partial charge in [0.25, 0.3) is 0 Å². The van der Waals surface area contributed by atoms with E-state index in [2.05, 4.69) is 14.9 Å². The van der Waals surface area contributed by atoms with Gasteiger partial charge in [-0.15, -0.1) is 0 Å². The fourth-order valence-electron chi connectivity index (χ4n) is 3.76. The van der Waals surface area contributed by atoms with Crippen molar-refractivity contribution in [1.29, 1.82) is 0 Å². The van der Waals surface area contributed by atoms with E-state index in [1.165, 1.54) is 13.2 Å². The van der Waals surface area contributed by atoms with Crippen LogP contribution in [0.25, 0.3) is 0 Å². The molecule has 1 aliphatic heterocycles. The summed E-state index contributed by atoms with van der Waals surface area (Å²) in [6, 6.07) is 10.1. The van der Waals surface area contributed by atoms with E-state index >= 15 is 0 Å². The predicted molar refractivity (Wildman–Crippen MR) is 100 cm³/mol. The number of H-pyrrole nitrogens is 1. The van der Waals surface area contributed by atoms with Gasteiger partial charge in [-0.25, -0.2) is 9.37 Å². The number of hydrogen-bond acceptors (Lipinski definition) is 4. The number of methoxy groups -OCH3 is 1. The highest BCUT2D eigenvalue weighted by atomic mass is 19.1. The molecule has 1 unspecified atom stereocenters. The lowest BCUT2D eigenvalue weighted by molar-refractivity contribution is 0.194. The Morgan fingerprint density at radius 2 is 2.15 bits per heavy atom. The van der Waals surface area contributed by atoms with Gasteiger partial charge >= 0.3 is 0 Å². The number of ether oxygens (including phenoxy) is 1. The van der Waals surface area contributed by atoms with Crippen molar-refractivity contribution in [2.75, 3.05) is 13.7 Å². The van der Waals surface area contributed by atoms with Crippen LogP contribution in [0, 0.1) is 12.7 Å². The number of aromatic nitrogens is 2. The number of nitrogens with one attached hydrogen (secondary N) is 1. The molecule has 2 aromatic carbocycles. The number of aromatic hydroxyl groups is 1. The van der Waals surface area contributed by atoms with Gasteiger partial charge < -0.3 is 14.8 Å². The second-order valence-corrected chi connectivity index (χ2v) is 6.91. The molecule has 0 aliphatic carbocycles. The Labute approximate surface area is 157 Å². The molecule has 5 nitrogen and oxygen atoms in total. The van der Waals surface area contributed by atoms with Gasteiger partial charge in [0.1, 0.15) is 17.3 Å². The van der Waals surface area contributed by atoms with E-state index < -0.39 is 0 Å². The average Bonchev–Trinajstić information content (AvgIpc) is 3.13. The third kappa shape index (κ3) is 3.28. The molecule has 0 amide bonds. The Kier molecular flexibility index (Phi) is 4.58. The quantitative estimate of drug-likeness (QED) is 0.738. The summed E-state index contributed by atoms with van der Waals surface area (Å²) in [4.78, 5) is 9.80. The molecule has 0 radical (unpaired) electrons. The first kappa shape index (κ1) is 17.5. The summed E-state index contributed by atoms with van der Waals surface area (Å²) < 4.78 is 20.0. The maximum atomic E-state index is 14.9. The summed E-state index contributed by atoms with van der Waals surface area (Å²) in [5.74, 6) is 0.410. The summed E-state index contributed by atoms with van der Waals surface area (Å²) in [6.45, 7) is 3.24. The second-order valence-electron chi connectivity index (χ2n) is 6.91. The molecule has 4 rings (SSSR count). The molecule has 1 aliphatic rings. The molecule has 0 spiro atoms. The van der Waals surface area contributed by atoms with E-state index in [9.17, 15) is 9.50 Å². The number of rotatable bonds is 4. The summed E-state index contributed by atoms with van der Waals surface area (Å²) in [5, 5.41) is 10.3.